The molecule has 0 aliphatic rings. The van der Waals surface area contributed by atoms with Gasteiger partial charge in [-0.25, -0.2) is 0 Å². The molecule has 0 bridgehead atoms. The SMILES string of the molecule is CCC(C)Oc1ccc(CNC(C)C)cc1OC. The minimum atomic E-state index is 0.207. The van der Waals surface area contributed by atoms with E-state index in [-0.39, 0.29) is 6.10 Å². The molecule has 0 heterocycles. The van der Waals surface area contributed by atoms with Gasteiger partial charge in [0.15, 0.2) is 11.5 Å². The molecule has 3 nitrogen and oxygen atoms in total. The van der Waals surface area contributed by atoms with E-state index in [1.54, 1.807) is 7.11 Å². The third kappa shape index (κ3) is 4.57. The van der Waals surface area contributed by atoms with Crippen molar-refractivity contribution in [2.45, 2.75) is 52.8 Å². The lowest BCUT2D eigenvalue weighted by Crippen LogP contribution is -2.21. The molecule has 0 amide bonds. The monoisotopic (exact) mass is 251 g/mol. The van der Waals surface area contributed by atoms with Crippen molar-refractivity contribution < 1.29 is 9.47 Å². The second-order valence-corrected chi connectivity index (χ2v) is 4.86. The van der Waals surface area contributed by atoms with Crippen molar-refractivity contribution in [2.24, 2.45) is 0 Å². The van der Waals surface area contributed by atoms with Crippen LogP contribution in [0.1, 0.15) is 39.7 Å². The molecule has 0 radical (unpaired) electrons. The maximum atomic E-state index is 5.82. The van der Waals surface area contributed by atoms with E-state index in [0.717, 1.165) is 24.5 Å². The number of rotatable bonds is 7. The highest BCUT2D eigenvalue weighted by atomic mass is 16.5. The van der Waals surface area contributed by atoms with Crippen LogP contribution < -0.4 is 14.8 Å². The number of methoxy groups -OCH3 is 1. The third-order valence-corrected chi connectivity index (χ3v) is 2.85. The predicted octanol–water partition coefficient (Wildman–Crippen LogP) is 3.37. The summed E-state index contributed by atoms with van der Waals surface area (Å²) < 4.78 is 11.2. The van der Waals surface area contributed by atoms with Gasteiger partial charge in [-0.2, -0.15) is 0 Å². The highest BCUT2D eigenvalue weighted by Gasteiger charge is 2.08. The summed E-state index contributed by atoms with van der Waals surface area (Å²) in [6.45, 7) is 9.29. The van der Waals surface area contributed by atoms with Gasteiger partial charge < -0.3 is 14.8 Å². The Bertz CT molecular complexity index is 364. The molecule has 0 fully saturated rings. The van der Waals surface area contributed by atoms with E-state index in [1.165, 1.54) is 5.56 Å². The molecule has 0 saturated heterocycles. The number of nitrogens with one attached hydrogen (secondary N) is 1. The number of hydrogen-bond donors (Lipinski definition) is 1. The van der Waals surface area contributed by atoms with E-state index in [4.69, 9.17) is 9.47 Å². The first-order valence-electron chi connectivity index (χ1n) is 6.63. The van der Waals surface area contributed by atoms with Crippen molar-refractivity contribution in [1.82, 2.24) is 5.32 Å². The van der Waals surface area contributed by atoms with Crippen LogP contribution in [0.15, 0.2) is 18.2 Å². The van der Waals surface area contributed by atoms with Crippen LogP contribution in [0.25, 0.3) is 0 Å². The molecule has 1 atom stereocenters. The van der Waals surface area contributed by atoms with Gasteiger partial charge in [0.1, 0.15) is 0 Å². The maximum Gasteiger partial charge on any atom is 0.161 e. The van der Waals surface area contributed by atoms with Gasteiger partial charge in [0, 0.05) is 12.6 Å². The van der Waals surface area contributed by atoms with Gasteiger partial charge in [-0.05, 0) is 31.0 Å². The molecule has 1 unspecified atom stereocenters. The van der Waals surface area contributed by atoms with Gasteiger partial charge in [-0.3, -0.25) is 0 Å². The second kappa shape index (κ2) is 7.27. The minimum Gasteiger partial charge on any atom is -0.493 e. The van der Waals surface area contributed by atoms with Gasteiger partial charge in [-0.15, -0.1) is 0 Å². The zero-order chi connectivity index (χ0) is 13.5. The summed E-state index contributed by atoms with van der Waals surface area (Å²) in [6, 6.07) is 6.58. The lowest BCUT2D eigenvalue weighted by atomic mass is 10.2. The second-order valence-electron chi connectivity index (χ2n) is 4.86. The van der Waals surface area contributed by atoms with Gasteiger partial charge in [0.2, 0.25) is 0 Å². The fourth-order valence-corrected chi connectivity index (χ4v) is 1.54. The summed E-state index contributed by atoms with van der Waals surface area (Å²) in [7, 11) is 1.68. The van der Waals surface area contributed by atoms with E-state index >= 15 is 0 Å². The van der Waals surface area contributed by atoms with Gasteiger partial charge >= 0.3 is 0 Å². The highest BCUT2D eigenvalue weighted by molar-refractivity contribution is 5.43. The zero-order valence-electron chi connectivity index (χ0n) is 12.1. The van der Waals surface area contributed by atoms with E-state index in [0.29, 0.717) is 6.04 Å². The summed E-state index contributed by atoms with van der Waals surface area (Å²) in [5.41, 5.74) is 1.21. The quantitative estimate of drug-likeness (QED) is 0.806. The average Bonchev–Trinajstić information content (AvgIpc) is 2.37. The average molecular weight is 251 g/mol. The molecule has 3 heteroatoms. The van der Waals surface area contributed by atoms with Gasteiger partial charge in [0.25, 0.3) is 0 Å². The molecule has 0 saturated carbocycles. The molecule has 1 N–H and O–H groups in total. The molecule has 0 spiro atoms. The molecular formula is C15H25NO2. The van der Waals surface area contributed by atoms with E-state index in [9.17, 15) is 0 Å². The Balaban J connectivity index is 2.76. The Kier molecular flexibility index (Phi) is 5.99. The first-order chi connectivity index (χ1) is 8.56. The molecular weight excluding hydrogens is 226 g/mol. The van der Waals surface area contributed by atoms with Crippen molar-refractivity contribution in [2.75, 3.05) is 7.11 Å². The number of hydrogen-bond acceptors (Lipinski definition) is 3. The van der Waals surface area contributed by atoms with Crippen LogP contribution in [-0.4, -0.2) is 19.3 Å². The van der Waals surface area contributed by atoms with E-state index < -0.39 is 0 Å². The maximum absolute atomic E-state index is 5.82. The van der Waals surface area contributed by atoms with Gasteiger partial charge in [0.05, 0.1) is 13.2 Å². The molecule has 0 aliphatic carbocycles. The summed E-state index contributed by atoms with van der Waals surface area (Å²) in [5.74, 6) is 1.62. The number of ether oxygens (including phenoxy) is 2. The molecule has 0 aliphatic heterocycles. The molecule has 102 valence electrons. The van der Waals surface area contributed by atoms with E-state index in [2.05, 4.69) is 39.1 Å². The van der Waals surface area contributed by atoms with Crippen LogP contribution >= 0.6 is 0 Å². The lowest BCUT2D eigenvalue weighted by molar-refractivity contribution is 0.207. The van der Waals surface area contributed by atoms with Crippen LogP contribution in [0.2, 0.25) is 0 Å². The first kappa shape index (κ1) is 14.8. The summed E-state index contributed by atoms with van der Waals surface area (Å²) >= 11 is 0. The Labute approximate surface area is 110 Å². The van der Waals surface area contributed by atoms with Crippen LogP contribution in [0.4, 0.5) is 0 Å². The fourth-order valence-electron chi connectivity index (χ4n) is 1.54. The largest absolute Gasteiger partial charge is 0.493 e. The first-order valence-corrected chi connectivity index (χ1v) is 6.63. The molecule has 1 rings (SSSR count). The van der Waals surface area contributed by atoms with Crippen molar-refractivity contribution >= 4 is 0 Å². The third-order valence-electron chi connectivity index (χ3n) is 2.85. The van der Waals surface area contributed by atoms with Crippen molar-refractivity contribution in [3.63, 3.8) is 0 Å². The van der Waals surface area contributed by atoms with Crippen molar-refractivity contribution in [3.05, 3.63) is 23.8 Å². The van der Waals surface area contributed by atoms with Crippen LogP contribution in [0.3, 0.4) is 0 Å². The standard InChI is InChI=1S/C15H25NO2/c1-6-12(4)18-14-8-7-13(9-15(14)17-5)10-16-11(2)3/h7-9,11-12,16H,6,10H2,1-5H3. The van der Waals surface area contributed by atoms with E-state index in [1.807, 2.05) is 12.1 Å². The van der Waals surface area contributed by atoms with Crippen LogP contribution in [0.5, 0.6) is 11.5 Å². The fraction of sp³-hybridized carbons (Fsp3) is 0.600. The molecule has 18 heavy (non-hydrogen) atoms. The lowest BCUT2D eigenvalue weighted by Gasteiger charge is -2.16. The Hall–Kier alpha value is -1.22. The summed E-state index contributed by atoms with van der Waals surface area (Å²) in [5, 5.41) is 3.39. The Morgan fingerprint density at radius 3 is 2.44 bits per heavy atom. The normalized spacial score (nSPS) is 12.6. The van der Waals surface area contributed by atoms with Crippen molar-refractivity contribution in [3.8, 4) is 11.5 Å². The minimum absolute atomic E-state index is 0.207. The van der Waals surface area contributed by atoms with Gasteiger partial charge in [-0.1, -0.05) is 26.8 Å². The summed E-state index contributed by atoms with van der Waals surface area (Å²) in [4.78, 5) is 0. The molecule has 1 aromatic rings. The topological polar surface area (TPSA) is 30.5 Å². The Morgan fingerprint density at radius 2 is 1.89 bits per heavy atom. The summed E-state index contributed by atoms with van der Waals surface area (Å²) in [6.07, 6.45) is 1.19. The molecule has 1 aromatic carbocycles. The smallest absolute Gasteiger partial charge is 0.161 e. The predicted molar refractivity (Wildman–Crippen MR) is 75.4 cm³/mol. The molecule has 0 aromatic heterocycles. The highest BCUT2D eigenvalue weighted by Crippen LogP contribution is 2.29. The van der Waals surface area contributed by atoms with Crippen LogP contribution in [0, 0.1) is 0 Å². The zero-order valence-corrected chi connectivity index (χ0v) is 12.1. The van der Waals surface area contributed by atoms with Crippen molar-refractivity contribution in [1.29, 1.82) is 0 Å². The number of benzene rings is 1. The van der Waals surface area contributed by atoms with Crippen LogP contribution in [-0.2, 0) is 6.54 Å². The Morgan fingerprint density at radius 1 is 1.17 bits per heavy atom.